The molecule has 3 saturated heterocycles. The zero-order valence-electron chi connectivity index (χ0n) is 16.1. The van der Waals surface area contributed by atoms with Gasteiger partial charge >= 0.3 is 0 Å². The Morgan fingerprint density at radius 3 is 2.29 bits per heavy atom. The second-order valence-electron chi connectivity index (χ2n) is 7.34. The number of fused-ring (bicyclic) bond motifs is 3. The van der Waals surface area contributed by atoms with Crippen LogP contribution in [0.2, 0.25) is 0 Å². The van der Waals surface area contributed by atoms with Gasteiger partial charge in [0.25, 0.3) is 0 Å². The molecule has 8 nitrogen and oxygen atoms in total. The van der Waals surface area contributed by atoms with Gasteiger partial charge in [-0.2, -0.15) is 0 Å². The van der Waals surface area contributed by atoms with Gasteiger partial charge in [0.1, 0.15) is 22.4 Å². The maximum atomic E-state index is 13.5. The lowest BCUT2D eigenvalue weighted by atomic mass is 9.85. The van der Waals surface area contributed by atoms with E-state index < -0.39 is 60.4 Å². The maximum absolute atomic E-state index is 13.5. The number of carbonyl (C=O) groups excluding carboxylic acids is 1. The highest BCUT2D eigenvalue weighted by atomic mass is 32.2. The van der Waals surface area contributed by atoms with E-state index in [0.29, 0.717) is 0 Å². The van der Waals surface area contributed by atoms with Crippen LogP contribution in [-0.4, -0.2) is 71.6 Å². The van der Waals surface area contributed by atoms with Crippen LogP contribution in [0.3, 0.4) is 0 Å². The van der Waals surface area contributed by atoms with Crippen molar-refractivity contribution in [1.82, 2.24) is 0 Å². The van der Waals surface area contributed by atoms with Crippen molar-refractivity contribution in [1.29, 1.82) is 0 Å². The van der Waals surface area contributed by atoms with Crippen LogP contribution in [-0.2, 0) is 38.7 Å². The molecule has 1 unspecified atom stereocenters. The Labute approximate surface area is 165 Å². The van der Waals surface area contributed by atoms with Crippen LogP contribution in [0.15, 0.2) is 29.2 Å². The summed E-state index contributed by atoms with van der Waals surface area (Å²) >= 11 is 0. The van der Waals surface area contributed by atoms with Gasteiger partial charge in [-0.1, -0.05) is 17.7 Å². The van der Waals surface area contributed by atoms with Crippen molar-refractivity contribution in [2.75, 3.05) is 20.0 Å². The van der Waals surface area contributed by atoms with Gasteiger partial charge < -0.3 is 14.2 Å². The average Bonchev–Trinajstić information content (AvgIpc) is 2.60. The van der Waals surface area contributed by atoms with Gasteiger partial charge in [-0.15, -0.1) is 0 Å². The van der Waals surface area contributed by atoms with E-state index in [9.17, 15) is 21.6 Å². The van der Waals surface area contributed by atoms with Crippen molar-refractivity contribution in [2.24, 2.45) is 5.92 Å². The van der Waals surface area contributed by atoms with Crippen molar-refractivity contribution in [2.45, 2.75) is 47.7 Å². The summed E-state index contributed by atoms with van der Waals surface area (Å²) in [5, 5.41) is -2.80. The standard InChI is InChI=1S/C18H24O8S2/c1-10-5-7-12(8-6-10)28(22,23)17-14(16(11(2)19)27(4,20)21)13-9-25-15(17)18(24-3)26-13/h5-8,13-18H,9H2,1-4H3/t13-,14+,15+,16?,17+,18+/m1/s1. The molecule has 2 bridgehead atoms. The van der Waals surface area contributed by atoms with Crippen molar-refractivity contribution >= 4 is 25.5 Å². The molecule has 0 aliphatic carbocycles. The Kier molecular flexibility index (Phi) is 5.72. The van der Waals surface area contributed by atoms with Gasteiger partial charge in [0.05, 0.1) is 17.6 Å². The molecule has 156 valence electrons. The average molecular weight is 433 g/mol. The fourth-order valence-electron chi connectivity index (χ4n) is 4.14. The van der Waals surface area contributed by atoms with Crippen LogP contribution in [0.5, 0.6) is 0 Å². The van der Waals surface area contributed by atoms with Crippen LogP contribution < -0.4 is 0 Å². The van der Waals surface area contributed by atoms with Crippen LogP contribution in [0.1, 0.15) is 12.5 Å². The third kappa shape index (κ3) is 3.63. The predicted octanol–water partition coefficient (Wildman–Crippen LogP) is 0.526. The zero-order chi connectivity index (χ0) is 20.9. The molecule has 0 saturated carbocycles. The van der Waals surface area contributed by atoms with E-state index >= 15 is 0 Å². The number of sulfone groups is 2. The topological polar surface area (TPSA) is 113 Å². The minimum atomic E-state index is -4.04. The molecule has 3 aliphatic heterocycles. The molecule has 10 heteroatoms. The summed E-state index contributed by atoms with van der Waals surface area (Å²) < 4.78 is 68.5. The van der Waals surface area contributed by atoms with Gasteiger partial charge in [-0.05, 0) is 26.0 Å². The van der Waals surface area contributed by atoms with E-state index in [1.54, 1.807) is 12.1 Å². The highest BCUT2D eigenvalue weighted by Gasteiger charge is 2.61. The highest BCUT2D eigenvalue weighted by molar-refractivity contribution is 7.93. The summed E-state index contributed by atoms with van der Waals surface area (Å²) in [6, 6.07) is 6.26. The summed E-state index contributed by atoms with van der Waals surface area (Å²) in [5.74, 6) is -1.72. The molecular weight excluding hydrogens is 408 g/mol. The first-order valence-corrected chi connectivity index (χ1v) is 12.3. The van der Waals surface area contributed by atoms with Crippen molar-refractivity contribution in [3.05, 3.63) is 29.8 Å². The highest BCUT2D eigenvalue weighted by Crippen LogP contribution is 2.43. The minimum absolute atomic E-state index is 0.00554. The molecular formula is C18H24O8S2. The van der Waals surface area contributed by atoms with E-state index in [2.05, 4.69) is 0 Å². The third-order valence-electron chi connectivity index (χ3n) is 5.31. The Morgan fingerprint density at radius 1 is 1.18 bits per heavy atom. The van der Waals surface area contributed by atoms with Crippen LogP contribution in [0.4, 0.5) is 0 Å². The molecule has 0 radical (unpaired) electrons. The number of hydrogen-bond donors (Lipinski definition) is 0. The van der Waals surface area contributed by atoms with E-state index in [1.807, 2.05) is 6.92 Å². The van der Waals surface area contributed by atoms with Crippen LogP contribution in [0, 0.1) is 12.8 Å². The molecule has 1 aromatic rings. The molecule has 4 rings (SSSR count). The first-order chi connectivity index (χ1) is 13.0. The van der Waals surface area contributed by atoms with Crippen molar-refractivity contribution in [3.63, 3.8) is 0 Å². The van der Waals surface area contributed by atoms with Gasteiger partial charge in [0, 0.05) is 19.3 Å². The second kappa shape index (κ2) is 7.49. The SMILES string of the molecule is CO[C@H]1O[C@@H]2CO[C@H]1[C@@H](S(=O)(=O)c1ccc(C)cc1)[C@@H]2C(C(C)=O)S(C)(=O)=O. The molecule has 6 atom stereocenters. The number of Topliss-reactive ketones (excluding diaryl/α,β-unsaturated/α-hetero) is 1. The third-order valence-corrected chi connectivity index (χ3v) is 9.11. The number of ketones is 1. The van der Waals surface area contributed by atoms with Crippen molar-refractivity contribution < 1.29 is 35.8 Å². The number of aryl methyl sites for hydroxylation is 1. The van der Waals surface area contributed by atoms with Gasteiger partial charge in [0.15, 0.2) is 26.0 Å². The first kappa shape index (κ1) is 21.4. The molecule has 28 heavy (non-hydrogen) atoms. The summed E-state index contributed by atoms with van der Waals surface area (Å²) in [7, 11) is -6.57. The fraction of sp³-hybridized carbons (Fsp3) is 0.611. The molecule has 0 amide bonds. The summed E-state index contributed by atoms with van der Waals surface area (Å²) in [4.78, 5) is 12.3. The number of methoxy groups -OCH3 is 1. The Balaban J connectivity index is 2.17. The maximum Gasteiger partial charge on any atom is 0.185 e. The number of rotatable bonds is 6. The lowest BCUT2D eigenvalue weighted by molar-refractivity contribution is -0.307. The predicted molar refractivity (Wildman–Crippen MR) is 100 cm³/mol. The van der Waals surface area contributed by atoms with E-state index in [4.69, 9.17) is 14.2 Å². The molecule has 1 aromatic carbocycles. The number of ether oxygens (including phenoxy) is 3. The number of benzene rings is 1. The zero-order valence-corrected chi connectivity index (χ0v) is 17.7. The Bertz CT molecular complexity index is 952. The Morgan fingerprint density at radius 2 is 1.79 bits per heavy atom. The first-order valence-electron chi connectivity index (χ1n) is 8.78. The van der Waals surface area contributed by atoms with Crippen molar-refractivity contribution in [3.8, 4) is 0 Å². The largest absolute Gasteiger partial charge is 0.369 e. The van der Waals surface area contributed by atoms with Gasteiger partial charge in [-0.3, -0.25) is 4.79 Å². The summed E-state index contributed by atoms with van der Waals surface area (Å²) in [6.07, 6.45) is -1.97. The quantitative estimate of drug-likeness (QED) is 0.640. The summed E-state index contributed by atoms with van der Waals surface area (Å²) in [5.41, 5.74) is 0.882. The molecule has 3 fully saturated rings. The second-order valence-corrected chi connectivity index (χ2v) is 11.6. The van der Waals surface area contributed by atoms with E-state index in [1.165, 1.54) is 19.2 Å². The molecule has 0 spiro atoms. The normalized spacial score (nSPS) is 31.5. The van der Waals surface area contributed by atoms with Gasteiger partial charge in [0.2, 0.25) is 0 Å². The fourth-order valence-corrected chi connectivity index (χ4v) is 7.89. The number of hydrogen-bond acceptors (Lipinski definition) is 8. The Hall–Kier alpha value is -1.33. The van der Waals surface area contributed by atoms with Crippen LogP contribution in [0.25, 0.3) is 0 Å². The monoisotopic (exact) mass is 432 g/mol. The van der Waals surface area contributed by atoms with E-state index in [-0.39, 0.29) is 11.5 Å². The molecule has 3 aliphatic rings. The van der Waals surface area contributed by atoms with Gasteiger partial charge in [-0.25, -0.2) is 16.8 Å². The lowest BCUT2D eigenvalue weighted by Crippen LogP contribution is -2.68. The van der Waals surface area contributed by atoms with E-state index in [0.717, 1.165) is 18.7 Å². The smallest absolute Gasteiger partial charge is 0.185 e. The summed E-state index contributed by atoms with van der Waals surface area (Å²) in [6.45, 7) is 2.97. The minimum Gasteiger partial charge on any atom is -0.369 e. The molecule has 3 heterocycles. The molecule has 0 aromatic heterocycles. The lowest BCUT2D eigenvalue weighted by Gasteiger charge is -2.51. The number of carbonyl (C=O) groups is 1. The van der Waals surface area contributed by atoms with Crippen LogP contribution >= 0.6 is 0 Å². The molecule has 0 N–H and O–H groups in total.